The molecule has 0 spiro atoms. The predicted molar refractivity (Wildman–Crippen MR) is 125 cm³/mol. The van der Waals surface area contributed by atoms with Gasteiger partial charge >= 0.3 is 0 Å². The molecule has 0 amide bonds. The predicted octanol–water partition coefficient (Wildman–Crippen LogP) is 5.90. The van der Waals surface area contributed by atoms with Gasteiger partial charge in [0.25, 0.3) is 0 Å². The first-order valence-corrected chi connectivity index (χ1v) is 10.4. The molecule has 30 heavy (non-hydrogen) atoms. The van der Waals surface area contributed by atoms with Crippen LogP contribution in [0.4, 0.5) is 5.69 Å². The lowest BCUT2D eigenvalue weighted by molar-refractivity contribution is 0.0214. The molecule has 1 aromatic heterocycles. The van der Waals surface area contributed by atoms with Gasteiger partial charge in [-0.05, 0) is 47.2 Å². The van der Waals surface area contributed by atoms with Gasteiger partial charge in [-0.25, -0.2) is 0 Å². The smallest absolute Gasteiger partial charge is 0.108 e. The Kier molecular flexibility index (Phi) is 5.56. The molecular weight excluding hydrogens is 368 g/mol. The molecule has 1 heterocycles. The number of aromatic nitrogens is 1. The van der Waals surface area contributed by atoms with E-state index in [1.807, 2.05) is 60.7 Å². The van der Waals surface area contributed by atoms with Crippen LogP contribution in [0.3, 0.4) is 0 Å². The second-order valence-corrected chi connectivity index (χ2v) is 8.55. The highest BCUT2D eigenvalue weighted by Gasteiger charge is 2.37. The summed E-state index contributed by atoms with van der Waals surface area (Å²) in [4.78, 5) is 4.44. The number of benzene rings is 3. The van der Waals surface area contributed by atoms with Crippen molar-refractivity contribution in [2.75, 3.05) is 11.9 Å². The van der Waals surface area contributed by atoms with Crippen LogP contribution in [0.2, 0.25) is 0 Å². The molecule has 3 aromatic carbocycles. The summed E-state index contributed by atoms with van der Waals surface area (Å²) in [5, 5.41) is 16.5. The van der Waals surface area contributed by atoms with Crippen molar-refractivity contribution < 1.29 is 5.11 Å². The fraction of sp³-hybridized carbons (Fsp3) is 0.222. The van der Waals surface area contributed by atoms with Crippen molar-refractivity contribution in [3.63, 3.8) is 0 Å². The van der Waals surface area contributed by atoms with Crippen molar-refractivity contribution in [3.05, 3.63) is 108 Å². The lowest BCUT2D eigenvalue weighted by Crippen LogP contribution is -2.40. The molecule has 0 saturated carbocycles. The SMILES string of the molecule is CC(C)(CC(O)(CNc1cccc2ncccc12)c1ccccc1)c1ccccc1. The third-order valence-corrected chi connectivity index (χ3v) is 5.82. The van der Waals surface area contributed by atoms with Crippen molar-refractivity contribution in [2.24, 2.45) is 0 Å². The minimum Gasteiger partial charge on any atom is -0.383 e. The Morgan fingerprint density at radius 1 is 0.767 bits per heavy atom. The number of aliphatic hydroxyl groups is 1. The van der Waals surface area contributed by atoms with E-state index in [2.05, 4.69) is 54.5 Å². The zero-order chi connectivity index (χ0) is 21.0. The Morgan fingerprint density at radius 3 is 2.13 bits per heavy atom. The second kappa shape index (κ2) is 8.29. The van der Waals surface area contributed by atoms with E-state index in [1.165, 1.54) is 5.56 Å². The molecule has 3 heteroatoms. The molecule has 0 radical (unpaired) electrons. The highest BCUT2D eigenvalue weighted by atomic mass is 16.3. The number of pyridine rings is 1. The average molecular weight is 397 g/mol. The van der Waals surface area contributed by atoms with Crippen LogP contribution in [0, 0.1) is 0 Å². The van der Waals surface area contributed by atoms with Crippen LogP contribution < -0.4 is 5.32 Å². The largest absolute Gasteiger partial charge is 0.383 e. The molecule has 1 atom stereocenters. The second-order valence-electron chi connectivity index (χ2n) is 8.55. The van der Waals surface area contributed by atoms with Gasteiger partial charge in [0.05, 0.1) is 5.52 Å². The van der Waals surface area contributed by atoms with Crippen molar-refractivity contribution >= 4 is 16.6 Å². The van der Waals surface area contributed by atoms with Crippen LogP contribution in [0.5, 0.6) is 0 Å². The van der Waals surface area contributed by atoms with Crippen LogP contribution in [0.25, 0.3) is 10.9 Å². The zero-order valence-electron chi connectivity index (χ0n) is 17.5. The lowest BCUT2D eigenvalue weighted by atomic mass is 9.73. The molecule has 3 nitrogen and oxygen atoms in total. The molecule has 1 unspecified atom stereocenters. The fourth-order valence-corrected chi connectivity index (χ4v) is 4.24. The molecular formula is C27H28N2O. The van der Waals surface area contributed by atoms with Gasteiger partial charge in [-0.1, -0.05) is 80.6 Å². The standard InChI is InChI=1S/C27H28N2O/c1-26(2,21-11-5-3-6-12-21)19-27(30,22-13-7-4-8-14-22)20-29-25-17-9-16-24-23(25)15-10-18-28-24/h3-18,29-30H,19-20H2,1-2H3. The Bertz CT molecular complexity index is 1100. The van der Waals surface area contributed by atoms with E-state index in [0.29, 0.717) is 13.0 Å². The highest BCUT2D eigenvalue weighted by Crippen LogP contribution is 2.38. The zero-order valence-corrected chi connectivity index (χ0v) is 17.5. The van der Waals surface area contributed by atoms with Crippen LogP contribution in [-0.2, 0) is 11.0 Å². The summed E-state index contributed by atoms with van der Waals surface area (Å²) in [7, 11) is 0. The minimum atomic E-state index is -1.04. The Hall–Kier alpha value is -3.17. The molecule has 0 fully saturated rings. The highest BCUT2D eigenvalue weighted by molar-refractivity contribution is 5.91. The first-order valence-electron chi connectivity index (χ1n) is 10.4. The molecule has 2 N–H and O–H groups in total. The summed E-state index contributed by atoms with van der Waals surface area (Å²) >= 11 is 0. The third-order valence-electron chi connectivity index (χ3n) is 5.82. The number of hydrogen-bond donors (Lipinski definition) is 2. The topological polar surface area (TPSA) is 45.1 Å². The van der Waals surface area contributed by atoms with Gasteiger partial charge in [-0.15, -0.1) is 0 Å². The number of nitrogens with one attached hydrogen (secondary N) is 1. The number of hydrogen-bond acceptors (Lipinski definition) is 3. The summed E-state index contributed by atoms with van der Waals surface area (Å²) in [5.41, 5.74) is 2.81. The van der Waals surface area contributed by atoms with Crippen LogP contribution in [0.15, 0.2) is 97.2 Å². The molecule has 0 aliphatic carbocycles. The van der Waals surface area contributed by atoms with E-state index < -0.39 is 5.60 Å². The van der Waals surface area contributed by atoms with Gasteiger partial charge in [0, 0.05) is 23.8 Å². The first-order chi connectivity index (χ1) is 14.5. The molecule has 0 bridgehead atoms. The quantitative estimate of drug-likeness (QED) is 0.409. The molecule has 4 rings (SSSR count). The van der Waals surface area contributed by atoms with Crippen molar-refractivity contribution in [2.45, 2.75) is 31.3 Å². The van der Waals surface area contributed by atoms with Crippen LogP contribution >= 0.6 is 0 Å². The van der Waals surface area contributed by atoms with Gasteiger partial charge < -0.3 is 10.4 Å². The Balaban J connectivity index is 1.66. The van der Waals surface area contributed by atoms with E-state index in [9.17, 15) is 5.11 Å². The molecule has 0 aliphatic heterocycles. The normalized spacial score (nSPS) is 13.7. The van der Waals surface area contributed by atoms with E-state index >= 15 is 0 Å². The number of nitrogens with zero attached hydrogens (tertiary/aromatic N) is 1. The maximum absolute atomic E-state index is 11.9. The molecule has 0 aliphatic rings. The van der Waals surface area contributed by atoms with Gasteiger partial charge in [-0.3, -0.25) is 4.98 Å². The fourth-order valence-electron chi connectivity index (χ4n) is 4.24. The third kappa shape index (κ3) is 4.22. The van der Waals surface area contributed by atoms with Crippen LogP contribution in [0.1, 0.15) is 31.4 Å². The van der Waals surface area contributed by atoms with E-state index in [-0.39, 0.29) is 5.41 Å². The number of anilines is 1. The van der Waals surface area contributed by atoms with Crippen molar-refractivity contribution in [3.8, 4) is 0 Å². The number of rotatable bonds is 7. The summed E-state index contributed by atoms with van der Waals surface area (Å²) in [6.45, 7) is 4.79. The molecule has 4 aromatic rings. The maximum atomic E-state index is 11.9. The van der Waals surface area contributed by atoms with Crippen molar-refractivity contribution in [1.29, 1.82) is 0 Å². The Labute approximate surface area is 178 Å². The van der Waals surface area contributed by atoms with E-state index in [4.69, 9.17) is 0 Å². The molecule has 0 saturated heterocycles. The maximum Gasteiger partial charge on any atom is 0.108 e. The van der Waals surface area contributed by atoms with Gasteiger partial charge in [0.15, 0.2) is 0 Å². The summed E-state index contributed by atoms with van der Waals surface area (Å²) in [6.07, 6.45) is 2.39. The minimum absolute atomic E-state index is 0.201. The average Bonchev–Trinajstić information content (AvgIpc) is 2.78. The van der Waals surface area contributed by atoms with E-state index in [1.54, 1.807) is 6.20 Å². The number of fused-ring (bicyclic) bond motifs is 1. The summed E-state index contributed by atoms with van der Waals surface area (Å²) in [6, 6.07) is 30.4. The van der Waals surface area contributed by atoms with Gasteiger partial charge in [0.1, 0.15) is 5.60 Å². The van der Waals surface area contributed by atoms with Gasteiger partial charge in [-0.2, -0.15) is 0 Å². The lowest BCUT2D eigenvalue weighted by Gasteiger charge is -2.37. The summed E-state index contributed by atoms with van der Waals surface area (Å²) < 4.78 is 0. The summed E-state index contributed by atoms with van der Waals surface area (Å²) in [5.74, 6) is 0. The Morgan fingerprint density at radius 2 is 1.43 bits per heavy atom. The monoisotopic (exact) mass is 396 g/mol. The van der Waals surface area contributed by atoms with Crippen LogP contribution in [-0.4, -0.2) is 16.6 Å². The van der Waals surface area contributed by atoms with Gasteiger partial charge in [0.2, 0.25) is 0 Å². The molecule has 152 valence electrons. The van der Waals surface area contributed by atoms with E-state index in [0.717, 1.165) is 22.2 Å². The van der Waals surface area contributed by atoms with Crippen molar-refractivity contribution in [1.82, 2.24) is 4.98 Å². The first kappa shape index (κ1) is 20.1.